The summed E-state index contributed by atoms with van der Waals surface area (Å²) >= 11 is 6.39. The Balaban J connectivity index is 2.41. The highest BCUT2D eigenvalue weighted by molar-refractivity contribution is 7.73. The fourth-order valence-electron chi connectivity index (χ4n) is 1.73. The van der Waals surface area contributed by atoms with Crippen molar-refractivity contribution in [3.05, 3.63) is 33.3 Å². The van der Waals surface area contributed by atoms with Gasteiger partial charge in [0.25, 0.3) is 5.56 Å². The number of hydrogen-bond donors (Lipinski definition) is 1. The van der Waals surface area contributed by atoms with E-state index in [1.807, 2.05) is 0 Å². The van der Waals surface area contributed by atoms with Gasteiger partial charge in [0.1, 0.15) is 17.6 Å². The van der Waals surface area contributed by atoms with Gasteiger partial charge in [-0.2, -0.15) is 0 Å². The highest BCUT2D eigenvalue weighted by Crippen LogP contribution is 2.17. The van der Waals surface area contributed by atoms with Crippen LogP contribution >= 0.6 is 23.6 Å². The molecule has 0 aromatic carbocycles. The van der Waals surface area contributed by atoms with E-state index in [0.29, 0.717) is 20.8 Å². The van der Waals surface area contributed by atoms with Gasteiger partial charge in [0, 0.05) is 6.54 Å². The lowest BCUT2D eigenvalue weighted by molar-refractivity contribution is -0.121. The highest BCUT2D eigenvalue weighted by atomic mass is 32.1. The molecule has 0 bridgehead atoms. The number of carbonyl (C=O) groups excluding carboxylic acids is 1. The quantitative estimate of drug-likeness (QED) is 0.505. The summed E-state index contributed by atoms with van der Waals surface area (Å²) in [5, 5.41) is 2.49. The summed E-state index contributed by atoms with van der Waals surface area (Å²) < 4.78 is 3.93. The molecule has 8 heteroatoms. The molecule has 2 rings (SSSR count). The van der Waals surface area contributed by atoms with E-state index in [4.69, 9.17) is 18.6 Å². The molecule has 0 fully saturated rings. The van der Waals surface area contributed by atoms with E-state index < -0.39 is 0 Å². The second-order valence-corrected chi connectivity index (χ2v) is 5.72. The Labute approximate surface area is 129 Å². The molecule has 2 aromatic heterocycles. The number of hydrogen-bond acceptors (Lipinski definition) is 5. The van der Waals surface area contributed by atoms with Crippen molar-refractivity contribution in [2.75, 3.05) is 6.54 Å². The van der Waals surface area contributed by atoms with E-state index in [1.165, 1.54) is 22.2 Å². The number of terminal acetylenes is 1. The molecule has 0 unspecified atom stereocenters. The maximum absolute atomic E-state index is 12.3. The van der Waals surface area contributed by atoms with Crippen molar-refractivity contribution in [1.82, 2.24) is 19.4 Å². The summed E-state index contributed by atoms with van der Waals surface area (Å²) in [6.45, 7) is 4.13. The predicted molar refractivity (Wildman–Crippen MR) is 84.7 cm³/mol. The molecule has 108 valence electrons. The van der Waals surface area contributed by atoms with Gasteiger partial charge in [-0.15, -0.1) is 13.0 Å². The fourth-order valence-corrected chi connectivity index (χ4v) is 3.05. The van der Waals surface area contributed by atoms with Crippen molar-refractivity contribution in [1.29, 1.82) is 0 Å². The molecule has 0 aliphatic rings. The Bertz CT molecular complexity index is 854. The van der Waals surface area contributed by atoms with E-state index in [9.17, 15) is 9.59 Å². The van der Waals surface area contributed by atoms with E-state index in [0.717, 1.165) is 0 Å². The molecule has 0 atom stereocenters. The summed E-state index contributed by atoms with van der Waals surface area (Å²) in [4.78, 5) is 28.2. The number of carbonyl (C=O) groups is 1. The molecule has 0 aliphatic carbocycles. The SMILES string of the molecule is C#CCNC(=O)Cn1cnc2c(sc(=S)n2CC=C)c1=O. The zero-order valence-electron chi connectivity index (χ0n) is 11.0. The van der Waals surface area contributed by atoms with Gasteiger partial charge in [-0.25, -0.2) is 4.98 Å². The average molecular weight is 320 g/mol. The monoisotopic (exact) mass is 320 g/mol. The molecule has 0 aliphatic heterocycles. The Morgan fingerprint density at radius 3 is 3.10 bits per heavy atom. The summed E-state index contributed by atoms with van der Waals surface area (Å²) in [5.74, 6) is 1.95. The molecule has 1 N–H and O–H groups in total. The van der Waals surface area contributed by atoms with Crippen LogP contribution in [0.2, 0.25) is 0 Å². The fraction of sp³-hybridized carbons (Fsp3) is 0.231. The molecular weight excluding hydrogens is 308 g/mol. The van der Waals surface area contributed by atoms with Crippen molar-refractivity contribution in [2.45, 2.75) is 13.1 Å². The van der Waals surface area contributed by atoms with Crippen LogP contribution in [-0.2, 0) is 17.9 Å². The number of nitrogens with zero attached hydrogens (tertiary/aromatic N) is 3. The second-order valence-electron chi connectivity index (χ2n) is 4.08. The minimum Gasteiger partial charge on any atom is -0.344 e. The van der Waals surface area contributed by atoms with Crippen molar-refractivity contribution in [3.63, 3.8) is 0 Å². The maximum Gasteiger partial charge on any atom is 0.273 e. The molecule has 21 heavy (non-hydrogen) atoms. The van der Waals surface area contributed by atoms with Crippen molar-refractivity contribution in [2.24, 2.45) is 0 Å². The van der Waals surface area contributed by atoms with Crippen molar-refractivity contribution < 1.29 is 4.79 Å². The molecule has 0 saturated heterocycles. The molecule has 2 aromatic rings. The largest absolute Gasteiger partial charge is 0.344 e. The van der Waals surface area contributed by atoms with Gasteiger partial charge in [0.2, 0.25) is 5.91 Å². The van der Waals surface area contributed by atoms with E-state index in [-0.39, 0.29) is 24.6 Å². The number of fused-ring (bicyclic) bond motifs is 1. The summed E-state index contributed by atoms with van der Waals surface area (Å²) in [6.07, 6.45) is 8.07. The zero-order chi connectivity index (χ0) is 15.4. The van der Waals surface area contributed by atoms with Crippen LogP contribution in [0, 0.1) is 16.3 Å². The smallest absolute Gasteiger partial charge is 0.273 e. The van der Waals surface area contributed by atoms with E-state index in [2.05, 4.69) is 22.8 Å². The van der Waals surface area contributed by atoms with Crippen LogP contribution in [0.3, 0.4) is 0 Å². The minimum absolute atomic E-state index is 0.123. The third-order valence-electron chi connectivity index (χ3n) is 2.66. The molecule has 0 saturated carbocycles. The molecule has 0 spiro atoms. The highest BCUT2D eigenvalue weighted by Gasteiger charge is 2.12. The lowest BCUT2D eigenvalue weighted by Gasteiger charge is -2.05. The van der Waals surface area contributed by atoms with Crippen LogP contribution in [0.4, 0.5) is 0 Å². The van der Waals surface area contributed by atoms with Gasteiger partial charge in [0.05, 0.1) is 6.54 Å². The Hall–Kier alpha value is -2.24. The van der Waals surface area contributed by atoms with Gasteiger partial charge in [-0.3, -0.25) is 14.2 Å². The van der Waals surface area contributed by atoms with E-state index in [1.54, 1.807) is 10.6 Å². The van der Waals surface area contributed by atoms with E-state index >= 15 is 0 Å². The third kappa shape index (κ3) is 3.09. The number of nitrogens with one attached hydrogen (secondary N) is 1. The zero-order valence-corrected chi connectivity index (χ0v) is 12.7. The topological polar surface area (TPSA) is 68.9 Å². The first-order valence-corrected chi connectivity index (χ1v) is 7.20. The van der Waals surface area contributed by atoms with Gasteiger partial charge in [-0.1, -0.05) is 23.3 Å². The summed E-state index contributed by atoms with van der Waals surface area (Å²) in [6, 6.07) is 0. The van der Waals surface area contributed by atoms with Gasteiger partial charge < -0.3 is 9.88 Å². The first-order chi connectivity index (χ1) is 10.1. The standard InChI is InChI=1S/C13H12N4O2S2/c1-3-5-14-9(18)7-16-8-15-11-10(12(16)19)21-13(20)17(11)6-4-2/h1,4,8H,2,5-7H2,(H,14,18). The maximum atomic E-state index is 12.3. The average Bonchev–Trinajstić information content (AvgIpc) is 2.78. The Morgan fingerprint density at radius 2 is 2.43 bits per heavy atom. The Kier molecular flexibility index (Phi) is 4.67. The lowest BCUT2D eigenvalue weighted by Crippen LogP contribution is -2.32. The Morgan fingerprint density at radius 1 is 1.67 bits per heavy atom. The molecule has 6 nitrogen and oxygen atoms in total. The minimum atomic E-state index is -0.342. The lowest BCUT2D eigenvalue weighted by atomic mass is 10.5. The van der Waals surface area contributed by atoms with Crippen LogP contribution < -0.4 is 10.9 Å². The van der Waals surface area contributed by atoms with Crippen molar-refractivity contribution in [3.8, 4) is 12.3 Å². The molecule has 1 amide bonds. The third-order valence-corrected chi connectivity index (χ3v) is 4.08. The van der Waals surface area contributed by atoms with Crippen LogP contribution in [-0.4, -0.2) is 26.6 Å². The number of thiazole rings is 1. The van der Waals surface area contributed by atoms with Crippen LogP contribution in [0.1, 0.15) is 0 Å². The number of allylic oxidation sites excluding steroid dienone is 1. The van der Waals surface area contributed by atoms with Crippen LogP contribution in [0.5, 0.6) is 0 Å². The molecular formula is C13H12N4O2S2. The number of amides is 1. The second kappa shape index (κ2) is 6.47. The van der Waals surface area contributed by atoms with Gasteiger partial charge >= 0.3 is 0 Å². The van der Waals surface area contributed by atoms with Crippen LogP contribution in [0.15, 0.2) is 23.8 Å². The number of aromatic nitrogens is 3. The molecule has 0 radical (unpaired) electrons. The normalized spacial score (nSPS) is 10.2. The number of rotatable bonds is 5. The van der Waals surface area contributed by atoms with Crippen molar-refractivity contribution >= 4 is 39.8 Å². The van der Waals surface area contributed by atoms with Gasteiger partial charge in [-0.05, 0) is 12.2 Å². The summed E-state index contributed by atoms with van der Waals surface area (Å²) in [7, 11) is 0. The van der Waals surface area contributed by atoms with Gasteiger partial charge in [0.15, 0.2) is 9.60 Å². The summed E-state index contributed by atoms with van der Waals surface area (Å²) in [5.41, 5.74) is 0.213. The van der Waals surface area contributed by atoms with Crippen LogP contribution in [0.25, 0.3) is 10.3 Å². The first kappa shape index (κ1) is 15.2. The molecule has 2 heterocycles. The predicted octanol–water partition coefficient (Wildman–Crippen LogP) is 0.924. The first-order valence-electron chi connectivity index (χ1n) is 5.98.